The molecule has 1 aromatic rings. The van der Waals surface area contributed by atoms with Gasteiger partial charge in [-0.15, -0.1) is 0 Å². The molecule has 4 aliphatic rings. The van der Waals surface area contributed by atoms with Crippen molar-refractivity contribution in [3.63, 3.8) is 0 Å². The number of nitrogen functional groups attached to an aromatic ring is 1. The Labute approximate surface area is 199 Å². The predicted molar refractivity (Wildman–Crippen MR) is 124 cm³/mol. The fraction of sp³-hybridized carbons (Fsp3) is 0.600. The zero-order valence-corrected chi connectivity index (χ0v) is 19.3. The second kappa shape index (κ2) is 9.64. The highest BCUT2D eigenvalue weighted by Crippen LogP contribution is 2.39. The largest absolute Gasteiger partial charge is 0.481 e. The SMILES string of the molecule is Nc1nc(OC2CCC2)nc2c1C(=O)N(C1=CCC([C@H]3CC[C@H](CC(=O)O)CC3)C=C1)CCO2. The number of allylic oxidation sites excluding steroid dienone is 3. The number of amides is 1. The van der Waals surface area contributed by atoms with Gasteiger partial charge in [-0.2, -0.15) is 9.97 Å². The Morgan fingerprint density at radius 3 is 2.65 bits per heavy atom. The van der Waals surface area contributed by atoms with Gasteiger partial charge in [0.15, 0.2) is 0 Å². The Hall–Kier alpha value is -3.10. The van der Waals surface area contributed by atoms with Crippen LogP contribution in [0.1, 0.15) is 68.1 Å². The van der Waals surface area contributed by atoms with E-state index in [1.165, 1.54) is 0 Å². The number of anilines is 1. The molecular weight excluding hydrogens is 436 g/mol. The number of aliphatic carboxylic acids is 1. The van der Waals surface area contributed by atoms with Crippen molar-refractivity contribution in [2.45, 2.75) is 63.9 Å². The van der Waals surface area contributed by atoms with Crippen LogP contribution in [0.2, 0.25) is 0 Å². The maximum Gasteiger partial charge on any atom is 0.322 e. The van der Waals surface area contributed by atoms with Gasteiger partial charge in [0.1, 0.15) is 24.1 Å². The molecule has 2 fully saturated rings. The van der Waals surface area contributed by atoms with Gasteiger partial charge >= 0.3 is 12.0 Å². The van der Waals surface area contributed by atoms with Crippen LogP contribution < -0.4 is 15.2 Å². The quantitative estimate of drug-likeness (QED) is 0.649. The molecule has 3 N–H and O–H groups in total. The van der Waals surface area contributed by atoms with Crippen LogP contribution in [0.5, 0.6) is 11.9 Å². The Morgan fingerprint density at radius 1 is 1.21 bits per heavy atom. The predicted octanol–water partition coefficient (Wildman–Crippen LogP) is 3.57. The lowest BCUT2D eigenvalue weighted by Crippen LogP contribution is -2.33. The number of carbonyl (C=O) groups excluding carboxylic acids is 1. The molecule has 34 heavy (non-hydrogen) atoms. The van der Waals surface area contributed by atoms with E-state index in [4.69, 9.17) is 20.3 Å². The van der Waals surface area contributed by atoms with Gasteiger partial charge in [0.25, 0.3) is 5.91 Å². The summed E-state index contributed by atoms with van der Waals surface area (Å²) in [5.74, 6) is 0.576. The van der Waals surface area contributed by atoms with Gasteiger partial charge < -0.3 is 25.2 Å². The molecule has 5 rings (SSSR count). The summed E-state index contributed by atoms with van der Waals surface area (Å²) in [5, 5.41) is 9.03. The molecular formula is C25H32N4O5. The summed E-state index contributed by atoms with van der Waals surface area (Å²) < 4.78 is 11.5. The Bertz CT molecular complexity index is 1010. The minimum absolute atomic E-state index is 0.0765. The number of ether oxygens (including phenoxy) is 2. The maximum absolute atomic E-state index is 13.4. The number of fused-ring (bicyclic) bond motifs is 1. The van der Waals surface area contributed by atoms with Crippen molar-refractivity contribution < 1.29 is 24.2 Å². The molecule has 0 saturated heterocycles. The standard InChI is InChI=1S/C25H32N4O5/c26-22-21-23(28-25(27-22)34-19-2-1-3-19)33-13-12-29(24(21)32)18-10-8-17(9-11-18)16-6-4-15(5-7-16)14-20(30)31/h8,10-11,15-17,19H,1-7,9,12-14H2,(H,30,31)(H2,26,27,28)/t15-,16-,17?. The molecule has 0 aromatic carbocycles. The van der Waals surface area contributed by atoms with Crippen LogP contribution in [0.25, 0.3) is 0 Å². The smallest absolute Gasteiger partial charge is 0.322 e. The zero-order valence-electron chi connectivity index (χ0n) is 19.3. The molecule has 1 aromatic heterocycles. The van der Waals surface area contributed by atoms with E-state index in [1.807, 2.05) is 6.08 Å². The monoisotopic (exact) mass is 468 g/mol. The molecule has 1 aliphatic heterocycles. The lowest BCUT2D eigenvalue weighted by molar-refractivity contribution is -0.138. The number of hydrogen-bond acceptors (Lipinski definition) is 7. The Morgan fingerprint density at radius 2 is 2.00 bits per heavy atom. The number of carboxylic acids is 1. The summed E-state index contributed by atoms with van der Waals surface area (Å²) in [6.07, 6.45) is 14.7. The van der Waals surface area contributed by atoms with Crippen molar-refractivity contribution in [3.8, 4) is 11.9 Å². The second-order valence-corrected chi connectivity index (χ2v) is 9.81. The van der Waals surface area contributed by atoms with Gasteiger partial charge in [0, 0.05) is 12.1 Å². The molecule has 1 unspecified atom stereocenters. The normalized spacial score (nSPS) is 27.2. The van der Waals surface area contributed by atoms with Gasteiger partial charge in [0.05, 0.1) is 6.54 Å². The van der Waals surface area contributed by atoms with Crippen LogP contribution >= 0.6 is 0 Å². The molecule has 0 radical (unpaired) electrons. The molecule has 1 amide bonds. The van der Waals surface area contributed by atoms with Gasteiger partial charge in [0.2, 0.25) is 5.88 Å². The first-order chi connectivity index (χ1) is 16.5. The first-order valence-electron chi connectivity index (χ1n) is 12.4. The molecule has 2 heterocycles. The number of nitrogens with zero attached hydrogens (tertiary/aromatic N) is 3. The highest BCUT2D eigenvalue weighted by molar-refractivity contribution is 6.02. The van der Waals surface area contributed by atoms with Crippen LogP contribution in [0.3, 0.4) is 0 Å². The second-order valence-electron chi connectivity index (χ2n) is 9.81. The van der Waals surface area contributed by atoms with Crippen LogP contribution in [-0.4, -0.2) is 51.1 Å². The summed E-state index contributed by atoms with van der Waals surface area (Å²) in [6.45, 7) is 0.703. The van der Waals surface area contributed by atoms with Crippen molar-refractivity contribution in [3.05, 3.63) is 29.5 Å². The third-order valence-electron chi connectivity index (χ3n) is 7.61. The molecule has 182 valence electrons. The number of nitrogens with two attached hydrogens (primary N) is 1. The van der Waals surface area contributed by atoms with E-state index in [9.17, 15) is 9.59 Å². The Kier molecular flexibility index (Phi) is 6.43. The molecule has 3 aliphatic carbocycles. The summed E-state index contributed by atoms with van der Waals surface area (Å²) in [5.41, 5.74) is 7.18. The van der Waals surface area contributed by atoms with Crippen molar-refractivity contribution in [1.82, 2.24) is 14.9 Å². The fourth-order valence-corrected chi connectivity index (χ4v) is 5.39. The summed E-state index contributed by atoms with van der Waals surface area (Å²) in [7, 11) is 0. The topological polar surface area (TPSA) is 128 Å². The van der Waals surface area contributed by atoms with Crippen molar-refractivity contribution in [2.75, 3.05) is 18.9 Å². The first kappa shape index (κ1) is 22.7. The van der Waals surface area contributed by atoms with Gasteiger partial charge in [-0.1, -0.05) is 12.2 Å². The Balaban J connectivity index is 1.24. The lowest BCUT2D eigenvalue weighted by Gasteiger charge is -2.33. The fourth-order valence-electron chi connectivity index (χ4n) is 5.39. The van der Waals surface area contributed by atoms with E-state index in [0.29, 0.717) is 30.9 Å². The number of carboxylic acid groups (broad SMARTS) is 1. The number of carbonyl (C=O) groups is 2. The highest BCUT2D eigenvalue weighted by Gasteiger charge is 2.33. The average molecular weight is 469 g/mol. The molecule has 2 saturated carbocycles. The molecule has 9 heteroatoms. The van der Waals surface area contributed by atoms with Crippen molar-refractivity contribution >= 4 is 17.7 Å². The summed E-state index contributed by atoms with van der Waals surface area (Å²) >= 11 is 0. The maximum atomic E-state index is 13.4. The third kappa shape index (κ3) is 4.74. The van der Waals surface area contributed by atoms with E-state index in [1.54, 1.807) is 4.90 Å². The third-order valence-corrected chi connectivity index (χ3v) is 7.61. The van der Waals surface area contributed by atoms with E-state index in [-0.39, 0.29) is 41.7 Å². The minimum atomic E-state index is -0.700. The molecule has 0 spiro atoms. The van der Waals surface area contributed by atoms with Gasteiger partial charge in [-0.25, -0.2) is 0 Å². The minimum Gasteiger partial charge on any atom is -0.481 e. The number of aromatic nitrogens is 2. The molecule has 1 atom stereocenters. The van der Waals surface area contributed by atoms with Crippen LogP contribution in [0, 0.1) is 17.8 Å². The zero-order chi connectivity index (χ0) is 23.7. The average Bonchev–Trinajstić information content (AvgIpc) is 2.95. The molecule has 0 bridgehead atoms. The van der Waals surface area contributed by atoms with Gasteiger partial charge in [-0.3, -0.25) is 9.59 Å². The summed E-state index contributed by atoms with van der Waals surface area (Å²) in [6, 6.07) is 0.167. The van der Waals surface area contributed by atoms with Crippen LogP contribution in [0.4, 0.5) is 5.82 Å². The molecule has 9 nitrogen and oxygen atoms in total. The first-order valence-corrected chi connectivity index (χ1v) is 12.4. The number of hydrogen-bond donors (Lipinski definition) is 2. The lowest BCUT2D eigenvalue weighted by atomic mass is 9.73. The van der Waals surface area contributed by atoms with Crippen LogP contribution in [0.15, 0.2) is 23.9 Å². The number of rotatable bonds is 6. The van der Waals surface area contributed by atoms with Crippen molar-refractivity contribution in [1.29, 1.82) is 0 Å². The van der Waals surface area contributed by atoms with E-state index in [0.717, 1.165) is 57.1 Å². The summed E-state index contributed by atoms with van der Waals surface area (Å²) in [4.78, 5) is 34.6. The van der Waals surface area contributed by atoms with E-state index in [2.05, 4.69) is 22.1 Å². The van der Waals surface area contributed by atoms with E-state index >= 15 is 0 Å². The van der Waals surface area contributed by atoms with Gasteiger partial charge in [-0.05, 0) is 75.2 Å². The van der Waals surface area contributed by atoms with E-state index < -0.39 is 5.97 Å². The highest BCUT2D eigenvalue weighted by atomic mass is 16.5. The van der Waals surface area contributed by atoms with Crippen molar-refractivity contribution in [2.24, 2.45) is 17.8 Å². The van der Waals surface area contributed by atoms with Crippen LogP contribution in [-0.2, 0) is 4.79 Å².